The number of aromatic nitrogens is 5. The normalized spacial score (nSPS) is 11.2. The lowest BCUT2D eigenvalue weighted by Crippen LogP contribution is -2.05. The topological polar surface area (TPSA) is 112 Å². The van der Waals surface area contributed by atoms with E-state index in [0.717, 1.165) is 0 Å². The molecule has 3 aromatic heterocycles. The van der Waals surface area contributed by atoms with E-state index in [4.69, 9.17) is 13.7 Å². The maximum atomic E-state index is 5.41. The lowest BCUT2D eigenvalue weighted by molar-refractivity contribution is 0.151. The number of oxazole rings is 1. The molecule has 3 rings (SSSR count). The number of hydrogen-bond donors (Lipinski definition) is 1. The van der Waals surface area contributed by atoms with Crippen LogP contribution in [0.4, 0.5) is 5.82 Å². The summed E-state index contributed by atoms with van der Waals surface area (Å²) in [6.07, 6.45) is 0. The van der Waals surface area contributed by atoms with Crippen molar-refractivity contribution in [2.75, 3.05) is 12.4 Å². The van der Waals surface area contributed by atoms with E-state index in [-0.39, 0.29) is 6.61 Å². The number of aryl methyl sites for hydroxylation is 2. The molecular formula is C12H14N6O3. The first kappa shape index (κ1) is 13.4. The summed E-state index contributed by atoms with van der Waals surface area (Å²) in [4.78, 5) is 16.9. The van der Waals surface area contributed by atoms with Gasteiger partial charge in [0.2, 0.25) is 0 Å². The van der Waals surface area contributed by atoms with Crippen LogP contribution >= 0.6 is 0 Å². The fourth-order valence-electron chi connectivity index (χ4n) is 1.86. The summed E-state index contributed by atoms with van der Waals surface area (Å²) in [5.74, 6) is 2.64. The lowest BCUT2D eigenvalue weighted by Gasteiger charge is -2.03. The first-order chi connectivity index (χ1) is 10.2. The monoisotopic (exact) mass is 290 g/mol. The molecule has 0 saturated carbocycles. The number of rotatable bonds is 5. The van der Waals surface area contributed by atoms with E-state index >= 15 is 0 Å². The van der Waals surface area contributed by atoms with Gasteiger partial charge in [-0.3, -0.25) is 0 Å². The van der Waals surface area contributed by atoms with Crippen molar-refractivity contribution < 1.29 is 13.7 Å². The first-order valence-corrected chi connectivity index (χ1v) is 6.31. The molecule has 0 aliphatic carbocycles. The number of ether oxygens (including phenoxy) is 1. The maximum absolute atomic E-state index is 5.41. The van der Waals surface area contributed by atoms with Crippen LogP contribution in [0.15, 0.2) is 8.94 Å². The van der Waals surface area contributed by atoms with Crippen molar-refractivity contribution in [3.8, 4) is 0 Å². The summed E-state index contributed by atoms with van der Waals surface area (Å²) >= 11 is 0. The molecule has 9 heteroatoms. The molecule has 0 aromatic carbocycles. The molecule has 1 N–H and O–H groups in total. The standard InChI is InChI=1S/C12H14N6O3/c1-6-14-11(10-12(15-6)20-7(2)16-10)13-4-8-17-9(5-19-3)21-18-8/h4-5H2,1-3H3,(H,13,14,15). The highest BCUT2D eigenvalue weighted by atomic mass is 16.5. The van der Waals surface area contributed by atoms with Crippen molar-refractivity contribution in [3.63, 3.8) is 0 Å². The molecule has 0 fully saturated rings. The quantitative estimate of drug-likeness (QED) is 0.744. The van der Waals surface area contributed by atoms with Gasteiger partial charge in [-0.15, -0.1) is 0 Å². The molecule has 0 radical (unpaired) electrons. The molecule has 0 aliphatic rings. The van der Waals surface area contributed by atoms with Crippen LogP contribution in [0.5, 0.6) is 0 Å². The van der Waals surface area contributed by atoms with E-state index in [0.29, 0.717) is 47.0 Å². The summed E-state index contributed by atoms with van der Waals surface area (Å²) in [6, 6.07) is 0. The third-order valence-corrected chi connectivity index (χ3v) is 2.67. The predicted octanol–water partition coefficient (Wildman–Crippen LogP) is 1.38. The van der Waals surface area contributed by atoms with Crippen LogP contribution < -0.4 is 5.32 Å². The van der Waals surface area contributed by atoms with Gasteiger partial charge in [-0.05, 0) is 6.92 Å². The zero-order valence-electron chi connectivity index (χ0n) is 11.9. The van der Waals surface area contributed by atoms with Gasteiger partial charge < -0.3 is 19.0 Å². The zero-order chi connectivity index (χ0) is 14.8. The van der Waals surface area contributed by atoms with Gasteiger partial charge in [0, 0.05) is 14.0 Å². The van der Waals surface area contributed by atoms with Crippen LogP contribution in [0.2, 0.25) is 0 Å². The van der Waals surface area contributed by atoms with Crippen molar-refractivity contribution in [2.24, 2.45) is 0 Å². The van der Waals surface area contributed by atoms with Crippen LogP contribution in [0.3, 0.4) is 0 Å². The van der Waals surface area contributed by atoms with Crippen LogP contribution in [0.1, 0.15) is 23.4 Å². The Bertz CT molecular complexity index is 766. The van der Waals surface area contributed by atoms with Gasteiger partial charge in [0.25, 0.3) is 11.6 Å². The summed E-state index contributed by atoms with van der Waals surface area (Å²) < 4.78 is 15.3. The number of nitrogens with zero attached hydrogens (tertiary/aromatic N) is 5. The van der Waals surface area contributed by atoms with Crippen molar-refractivity contribution in [1.82, 2.24) is 25.1 Å². The Hall–Kier alpha value is -2.55. The Balaban J connectivity index is 1.80. The van der Waals surface area contributed by atoms with Gasteiger partial charge >= 0.3 is 0 Å². The molecule has 3 aromatic rings. The SMILES string of the molecule is COCc1nc(CNc2nc(C)nc3oc(C)nc23)no1. The molecule has 0 saturated heterocycles. The molecule has 0 bridgehead atoms. The first-order valence-electron chi connectivity index (χ1n) is 6.31. The van der Waals surface area contributed by atoms with E-state index in [1.807, 2.05) is 0 Å². The number of fused-ring (bicyclic) bond motifs is 1. The van der Waals surface area contributed by atoms with Crippen molar-refractivity contribution in [2.45, 2.75) is 27.0 Å². The molecule has 0 aliphatic heterocycles. The fourth-order valence-corrected chi connectivity index (χ4v) is 1.86. The molecule has 0 spiro atoms. The molecule has 0 unspecified atom stereocenters. The minimum Gasteiger partial charge on any atom is -0.422 e. The Kier molecular flexibility index (Phi) is 3.48. The number of methoxy groups -OCH3 is 1. The number of anilines is 1. The van der Waals surface area contributed by atoms with Gasteiger partial charge in [-0.1, -0.05) is 5.16 Å². The molecule has 0 amide bonds. The van der Waals surface area contributed by atoms with E-state index in [1.54, 1.807) is 21.0 Å². The lowest BCUT2D eigenvalue weighted by atomic mass is 10.4. The summed E-state index contributed by atoms with van der Waals surface area (Å²) in [6.45, 7) is 4.18. The minimum atomic E-state index is 0.284. The second kappa shape index (κ2) is 5.44. The summed E-state index contributed by atoms with van der Waals surface area (Å²) in [7, 11) is 1.56. The Morgan fingerprint density at radius 1 is 1.14 bits per heavy atom. The highest BCUT2D eigenvalue weighted by Crippen LogP contribution is 2.20. The summed E-state index contributed by atoms with van der Waals surface area (Å²) in [5.41, 5.74) is 1.04. The molecule has 3 heterocycles. The van der Waals surface area contributed by atoms with E-state index in [1.165, 1.54) is 0 Å². The largest absolute Gasteiger partial charge is 0.422 e. The second-order valence-corrected chi connectivity index (χ2v) is 4.40. The zero-order valence-corrected chi connectivity index (χ0v) is 11.9. The Morgan fingerprint density at radius 2 is 2.00 bits per heavy atom. The van der Waals surface area contributed by atoms with Gasteiger partial charge in [-0.2, -0.15) is 9.97 Å². The summed E-state index contributed by atoms with van der Waals surface area (Å²) in [5, 5.41) is 6.96. The number of hydrogen-bond acceptors (Lipinski definition) is 9. The van der Waals surface area contributed by atoms with Crippen molar-refractivity contribution in [3.05, 3.63) is 23.4 Å². The van der Waals surface area contributed by atoms with Crippen LogP contribution in [0.25, 0.3) is 11.2 Å². The Labute approximate surface area is 119 Å². The molecule has 0 atom stereocenters. The van der Waals surface area contributed by atoms with Gasteiger partial charge in [0.1, 0.15) is 12.4 Å². The predicted molar refractivity (Wildman–Crippen MR) is 71.4 cm³/mol. The minimum absolute atomic E-state index is 0.284. The highest BCUT2D eigenvalue weighted by Gasteiger charge is 2.13. The average Bonchev–Trinajstić information content (AvgIpc) is 3.02. The Morgan fingerprint density at radius 3 is 2.81 bits per heavy atom. The highest BCUT2D eigenvalue weighted by molar-refractivity contribution is 5.81. The van der Waals surface area contributed by atoms with Gasteiger partial charge in [0.05, 0.1) is 6.54 Å². The van der Waals surface area contributed by atoms with Crippen LogP contribution in [-0.4, -0.2) is 32.2 Å². The maximum Gasteiger partial charge on any atom is 0.252 e. The second-order valence-electron chi connectivity index (χ2n) is 4.40. The van der Waals surface area contributed by atoms with E-state index in [2.05, 4.69) is 30.4 Å². The average molecular weight is 290 g/mol. The molecule has 110 valence electrons. The number of nitrogens with one attached hydrogen (secondary N) is 1. The van der Waals surface area contributed by atoms with E-state index < -0.39 is 0 Å². The molecular weight excluding hydrogens is 276 g/mol. The van der Waals surface area contributed by atoms with Gasteiger partial charge in [-0.25, -0.2) is 9.97 Å². The fraction of sp³-hybridized carbons (Fsp3) is 0.417. The van der Waals surface area contributed by atoms with Crippen molar-refractivity contribution >= 4 is 17.0 Å². The van der Waals surface area contributed by atoms with Crippen molar-refractivity contribution in [1.29, 1.82) is 0 Å². The smallest absolute Gasteiger partial charge is 0.252 e. The molecule has 9 nitrogen and oxygen atoms in total. The molecule has 21 heavy (non-hydrogen) atoms. The van der Waals surface area contributed by atoms with Gasteiger partial charge in [0.15, 0.2) is 23.0 Å². The van der Waals surface area contributed by atoms with Crippen LogP contribution in [0, 0.1) is 13.8 Å². The van der Waals surface area contributed by atoms with E-state index in [9.17, 15) is 0 Å². The third kappa shape index (κ3) is 2.82. The third-order valence-electron chi connectivity index (χ3n) is 2.67. The van der Waals surface area contributed by atoms with Crippen LogP contribution in [-0.2, 0) is 17.9 Å².